The van der Waals surface area contributed by atoms with E-state index in [1.807, 2.05) is 0 Å². The largest absolute Gasteiger partial charge is 0.0654 e. The van der Waals surface area contributed by atoms with Crippen LogP contribution in [0.2, 0.25) is 0 Å². The Kier molecular flexibility index (Phi) is 5.19. The van der Waals surface area contributed by atoms with Crippen molar-refractivity contribution in [3.8, 4) is 0 Å². The molecule has 0 aliphatic heterocycles. The second kappa shape index (κ2) is 5.19. The summed E-state index contributed by atoms with van der Waals surface area (Å²) in [5.74, 6) is 0.846. The third-order valence-corrected chi connectivity index (χ3v) is 3.95. The zero-order valence-electron chi connectivity index (χ0n) is 11.4. The fourth-order valence-corrected chi connectivity index (χ4v) is 2.36. The summed E-state index contributed by atoms with van der Waals surface area (Å²) < 4.78 is 0. The summed E-state index contributed by atoms with van der Waals surface area (Å²) in [7, 11) is 0. The van der Waals surface area contributed by atoms with Gasteiger partial charge in [-0.3, -0.25) is 0 Å². The molecular weight excluding hydrogens is 168 g/mol. The highest BCUT2D eigenvalue weighted by Gasteiger charge is 2.31. The Morgan fingerprint density at radius 2 is 1.50 bits per heavy atom. The summed E-state index contributed by atoms with van der Waals surface area (Å²) in [6.45, 7) is 16.7. The topological polar surface area (TPSA) is 0 Å². The summed E-state index contributed by atoms with van der Waals surface area (Å²) in [6.07, 6.45) is 5.32. The van der Waals surface area contributed by atoms with Crippen molar-refractivity contribution < 1.29 is 0 Å². The van der Waals surface area contributed by atoms with E-state index in [0.29, 0.717) is 10.8 Å². The molecule has 0 aliphatic rings. The average molecular weight is 198 g/mol. The molecule has 14 heavy (non-hydrogen) atoms. The van der Waals surface area contributed by atoms with Gasteiger partial charge in [-0.1, -0.05) is 67.7 Å². The molecule has 0 spiro atoms. The lowest BCUT2D eigenvalue weighted by molar-refractivity contribution is 0.120. The second-order valence-electron chi connectivity index (χ2n) is 6.37. The molecule has 0 rings (SSSR count). The van der Waals surface area contributed by atoms with Crippen molar-refractivity contribution in [3.63, 3.8) is 0 Å². The first-order chi connectivity index (χ1) is 6.25. The SMILES string of the molecule is CCCC(C)C(C)(C)CC(C)(C)CC. The molecule has 0 heterocycles. The second-order valence-corrected chi connectivity index (χ2v) is 6.37. The zero-order chi connectivity index (χ0) is 11.4. The smallest absolute Gasteiger partial charge is 0.0323 e. The van der Waals surface area contributed by atoms with E-state index >= 15 is 0 Å². The maximum Gasteiger partial charge on any atom is -0.0323 e. The summed E-state index contributed by atoms with van der Waals surface area (Å²) in [5, 5.41) is 0. The van der Waals surface area contributed by atoms with Crippen LogP contribution in [0.1, 0.15) is 74.1 Å². The van der Waals surface area contributed by atoms with Crippen LogP contribution in [0.5, 0.6) is 0 Å². The van der Waals surface area contributed by atoms with E-state index < -0.39 is 0 Å². The quantitative estimate of drug-likeness (QED) is 0.545. The molecule has 0 aromatic carbocycles. The Labute approximate surface area is 91.5 Å². The van der Waals surface area contributed by atoms with Gasteiger partial charge in [0.25, 0.3) is 0 Å². The molecule has 0 radical (unpaired) electrons. The Bertz CT molecular complexity index is 153. The summed E-state index contributed by atoms with van der Waals surface area (Å²) in [4.78, 5) is 0. The van der Waals surface area contributed by atoms with E-state index in [9.17, 15) is 0 Å². The van der Waals surface area contributed by atoms with E-state index in [0.717, 1.165) is 5.92 Å². The minimum atomic E-state index is 0.496. The Morgan fingerprint density at radius 1 is 1.00 bits per heavy atom. The van der Waals surface area contributed by atoms with Gasteiger partial charge in [-0.2, -0.15) is 0 Å². The van der Waals surface area contributed by atoms with E-state index in [1.54, 1.807) is 0 Å². The molecule has 0 aromatic heterocycles. The van der Waals surface area contributed by atoms with Crippen LogP contribution in [0.15, 0.2) is 0 Å². The number of rotatable bonds is 6. The van der Waals surface area contributed by atoms with Crippen LogP contribution in [0, 0.1) is 16.7 Å². The maximum atomic E-state index is 2.44. The first kappa shape index (κ1) is 14.0. The van der Waals surface area contributed by atoms with Gasteiger partial charge in [0, 0.05) is 0 Å². The highest BCUT2D eigenvalue weighted by Crippen LogP contribution is 2.42. The lowest BCUT2D eigenvalue weighted by Crippen LogP contribution is -2.28. The number of hydrogen-bond donors (Lipinski definition) is 0. The normalized spacial score (nSPS) is 15.6. The fraction of sp³-hybridized carbons (Fsp3) is 1.00. The molecule has 0 amide bonds. The van der Waals surface area contributed by atoms with Crippen molar-refractivity contribution >= 4 is 0 Å². The molecule has 1 unspecified atom stereocenters. The van der Waals surface area contributed by atoms with Crippen molar-refractivity contribution in [2.45, 2.75) is 74.1 Å². The van der Waals surface area contributed by atoms with E-state index in [2.05, 4.69) is 48.5 Å². The zero-order valence-corrected chi connectivity index (χ0v) is 11.4. The van der Waals surface area contributed by atoms with E-state index in [4.69, 9.17) is 0 Å². The van der Waals surface area contributed by atoms with Crippen molar-refractivity contribution in [1.29, 1.82) is 0 Å². The fourth-order valence-electron chi connectivity index (χ4n) is 2.36. The summed E-state index contributed by atoms with van der Waals surface area (Å²) in [6, 6.07) is 0. The lowest BCUT2D eigenvalue weighted by atomic mass is 9.67. The molecule has 0 nitrogen and oxygen atoms in total. The van der Waals surface area contributed by atoms with Crippen molar-refractivity contribution in [1.82, 2.24) is 0 Å². The minimum Gasteiger partial charge on any atom is -0.0654 e. The first-order valence-corrected chi connectivity index (χ1v) is 6.25. The predicted octanol–water partition coefficient (Wildman–Crippen LogP) is 5.28. The van der Waals surface area contributed by atoms with Crippen LogP contribution >= 0.6 is 0 Å². The van der Waals surface area contributed by atoms with Gasteiger partial charge in [-0.05, 0) is 23.2 Å². The molecule has 0 heteroatoms. The van der Waals surface area contributed by atoms with Gasteiger partial charge in [0.2, 0.25) is 0 Å². The highest BCUT2D eigenvalue weighted by molar-refractivity contribution is 4.82. The third-order valence-electron chi connectivity index (χ3n) is 3.95. The van der Waals surface area contributed by atoms with Gasteiger partial charge in [0.15, 0.2) is 0 Å². The maximum absolute atomic E-state index is 2.44. The van der Waals surface area contributed by atoms with Gasteiger partial charge in [0.05, 0.1) is 0 Å². The Hall–Kier alpha value is 0. The molecule has 0 N–H and O–H groups in total. The minimum absolute atomic E-state index is 0.496. The van der Waals surface area contributed by atoms with Crippen LogP contribution in [0.3, 0.4) is 0 Å². The van der Waals surface area contributed by atoms with Crippen LogP contribution < -0.4 is 0 Å². The highest BCUT2D eigenvalue weighted by atomic mass is 14.4. The van der Waals surface area contributed by atoms with Gasteiger partial charge < -0.3 is 0 Å². The monoisotopic (exact) mass is 198 g/mol. The van der Waals surface area contributed by atoms with Crippen LogP contribution in [0.25, 0.3) is 0 Å². The molecule has 0 saturated heterocycles. The first-order valence-electron chi connectivity index (χ1n) is 6.25. The summed E-state index contributed by atoms with van der Waals surface area (Å²) >= 11 is 0. The molecule has 1 atom stereocenters. The van der Waals surface area contributed by atoms with Crippen molar-refractivity contribution in [2.24, 2.45) is 16.7 Å². The van der Waals surface area contributed by atoms with Gasteiger partial charge in [-0.25, -0.2) is 0 Å². The van der Waals surface area contributed by atoms with E-state index in [1.165, 1.54) is 25.7 Å². The Balaban J connectivity index is 4.31. The van der Waals surface area contributed by atoms with Gasteiger partial charge in [-0.15, -0.1) is 0 Å². The molecule has 86 valence electrons. The van der Waals surface area contributed by atoms with Crippen molar-refractivity contribution in [3.05, 3.63) is 0 Å². The van der Waals surface area contributed by atoms with E-state index in [-0.39, 0.29) is 0 Å². The standard InChI is InChI=1S/C14H30/c1-8-10-12(3)14(6,7)11-13(4,5)9-2/h12H,8-11H2,1-7H3. The molecule has 0 bridgehead atoms. The van der Waals surface area contributed by atoms with Crippen molar-refractivity contribution in [2.75, 3.05) is 0 Å². The number of hydrogen-bond acceptors (Lipinski definition) is 0. The Morgan fingerprint density at radius 3 is 1.86 bits per heavy atom. The molecule has 0 saturated carbocycles. The summed E-state index contributed by atoms with van der Waals surface area (Å²) in [5.41, 5.74) is 1.00. The van der Waals surface area contributed by atoms with Crippen LogP contribution in [-0.4, -0.2) is 0 Å². The molecular formula is C14H30. The third kappa shape index (κ3) is 4.48. The predicted molar refractivity (Wildman–Crippen MR) is 66.5 cm³/mol. The molecule has 0 aromatic rings. The average Bonchev–Trinajstić information content (AvgIpc) is 2.03. The van der Waals surface area contributed by atoms with Gasteiger partial charge >= 0.3 is 0 Å². The van der Waals surface area contributed by atoms with Crippen LogP contribution in [-0.2, 0) is 0 Å². The molecule has 0 aliphatic carbocycles. The van der Waals surface area contributed by atoms with Gasteiger partial charge in [0.1, 0.15) is 0 Å². The lowest BCUT2D eigenvalue weighted by Gasteiger charge is -2.39. The van der Waals surface area contributed by atoms with Crippen LogP contribution in [0.4, 0.5) is 0 Å². The molecule has 0 fully saturated rings.